The molecule has 2 aromatic heterocycles. The Hall–Kier alpha value is -3.92. The highest BCUT2D eigenvalue weighted by Gasteiger charge is 2.20. The van der Waals surface area contributed by atoms with Crippen molar-refractivity contribution in [3.05, 3.63) is 60.3 Å². The van der Waals surface area contributed by atoms with Crippen LogP contribution >= 0.6 is 11.8 Å². The molecule has 0 unspecified atom stereocenters. The summed E-state index contributed by atoms with van der Waals surface area (Å²) in [6, 6.07) is 14.5. The molecule has 4 aromatic rings. The van der Waals surface area contributed by atoms with Gasteiger partial charge in [0.2, 0.25) is 5.91 Å². The quantitative estimate of drug-likeness (QED) is 0.304. The van der Waals surface area contributed by atoms with E-state index < -0.39 is 0 Å². The van der Waals surface area contributed by atoms with Crippen LogP contribution in [0.4, 0.5) is 5.69 Å². The first kappa shape index (κ1) is 23.2. The van der Waals surface area contributed by atoms with Gasteiger partial charge in [0.1, 0.15) is 11.4 Å². The summed E-state index contributed by atoms with van der Waals surface area (Å²) in [6.07, 6.45) is 1.89. The van der Waals surface area contributed by atoms with E-state index in [-0.39, 0.29) is 17.4 Å². The Labute approximate surface area is 201 Å². The summed E-state index contributed by atoms with van der Waals surface area (Å²) >= 11 is 1.28. The monoisotopic (exact) mass is 476 g/mol. The Bertz CT molecular complexity index is 1360. The molecule has 0 radical (unpaired) electrons. The number of Topliss-reactive ketones (excluding diaryl/α,β-unsaturated/α-hetero) is 1. The summed E-state index contributed by atoms with van der Waals surface area (Å²) in [4.78, 5) is 24.0. The van der Waals surface area contributed by atoms with E-state index in [4.69, 9.17) is 4.74 Å². The number of methoxy groups -OCH3 is 1. The molecule has 1 amide bonds. The zero-order valence-corrected chi connectivity index (χ0v) is 20.1. The van der Waals surface area contributed by atoms with E-state index >= 15 is 0 Å². The van der Waals surface area contributed by atoms with Gasteiger partial charge in [0, 0.05) is 37.1 Å². The SMILES string of the molecule is COc1cccc(-c2nn(C)cc2-c2nnc(SCC(=O)Nc3cccc(C(C)=O)c3)n2C)c1. The Balaban J connectivity index is 1.50. The van der Waals surface area contributed by atoms with Gasteiger partial charge in [0.25, 0.3) is 0 Å². The number of hydrogen-bond acceptors (Lipinski definition) is 7. The summed E-state index contributed by atoms with van der Waals surface area (Å²) in [6.45, 7) is 1.49. The van der Waals surface area contributed by atoms with E-state index in [9.17, 15) is 9.59 Å². The minimum absolute atomic E-state index is 0.0548. The summed E-state index contributed by atoms with van der Waals surface area (Å²) in [5.74, 6) is 1.27. The van der Waals surface area contributed by atoms with Crippen molar-refractivity contribution in [1.29, 1.82) is 0 Å². The topological polar surface area (TPSA) is 104 Å². The van der Waals surface area contributed by atoms with Crippen LogP contribution in [-0.2, 0) is 18.9 Å². The molecule has 2 heterocycles. The van der Waals surface area contributed by atoms with Crippen LogP contribution in [0.25, 0.3) is 22.6 Å². The third kappa shape index (κ3) is 5.01. The van der Waals surface area contributed by atoms with E-state index in [1.54, 1.807) is 36.1 Å². The van der Waals surface area contributed by atoms with E-state index in [2.05, 4.69) is 20.6 Å². The number of amides is 1. The van der Waals surface area contributed by atoms with Crippen molar-refractivity contribution in [1.82, 2.24) is 24.5 Å². The van der Waals surface area contributed by atoms with Gasteiger partial charge in [-0.1, -0.05) is 36.0 Å². The number of ether oxygens (including phenoxy) is 1. The number of nitrogens with zero attached hydrogens (tertiary/aromatic N) is 5. The molecule has 0 atom stereocenters. The first-order valence-electron chi connectivity index (χ1n) is 10.5. The van der Waals surface area contributed by atoms with E-state index in [1.165, 1.54) is 18.7 Å². The van der Waals surface area contributed by atoms with Crippen LogP contribution < -0.4 is 10.1 Å². The molecule has 0 fully saturated rings. The molecule has 2 aromatic carbocycles. The second-order valence-corrected chi connectivity index (χ2v) is 8.58. The van der Waals surface area contributed by atoms with Gasteiger partial charge >= 0.3 is 0 Å². The van der Waals surface area contributed by atoms with Crippen LogP contribution in [0.2, 0.25) is 0 Å². The number of nitrogens with one attached hydrogen (secondary N) is 1. The number of carbonyl (C=O) groups is 2. The predicted molar refractivity (Wildman–Crippen MR) is 131 cm³/mol. The first-order valence-corrected chi connectivity index (χ1v) is 11.5. The molecule has 34 heavy (non-hydrogen) atoms. The van der Waals surface area contributed by atoms with Crippen LogP contribution in [0.3, 0.4) is 0 Å². The number of benzene rings is 2. The summed E-state index contributed by atoms with van der Waals surface area (Å²) < 4.78 is 8.92. The molecular formula is C24H24N6O3S. The number of anilines is 1. The zero-order chi connectivity index (χ0) is 24.2. The lowest BCUT2D eigenvalue weighted by Crippen LogP contribution is -2.14. The van der Waals surface area contributed by atoms with Gasteiger partial charge in [0.15, 0.2) is 16.8 Å². The Kier molecular flexibility index (Phi) is 6.78. The Morgan fingerprint density at radius 3 is 2.65 bits per heavy atom. The van der Waals surface area contributed by atoms with Gasteiger partial charge in [0.05, 0.1) is 18.4 Å². The largest absolute Gasteiger partial charge is 0.497 e. The lowest BCUT2D eigenvalue weighted by molar-refractivity contribution is -0.113. The molecule has 174 valence electrons. The molecule has 0 bridgehead atoms. The van der Waals surface area contributed by atoms with Crippen LogP contribution in [0, 0.1) is 0 Å². The molecule has 4 rings (SSSR count). The van der Waals surface area contributed by atoms with Crippen LogP contribution in [-0.4, -0.2) is 49.1 Å². The second-order valence-electron chi connectivity index (χ2n) is 7.64. The molecule has 0 aliphatic rings. The number of aryl methyl sites for hydroxylation is 1. The highest BCUT2D eigenvalue weighted by atomic mass is 32.2. The zero-order valence-electron chi connectivity index (χ0n) is 19.3. The minimum Gasteiger partial charge on any atom is -0.497 e. The Morgan fingerprint density at radius 2 is 1.88 bits per heavy atom. The molecule has 1 N–H and O–H groups in total. The summed E-state index contributed by atoms with van der Waals surface area (Å²) in [5.41, 5.74) is 3.61. The average Bonchev–Trinajstić information content (AvgIpc) is 3.39. The van der Waals surface area contributed by atoms with Crippen LogP contribution in [0.5, 0.6) is 5.75 Å². The highest BCUT2D eigenvalue weighted by molar-refractivity contribution is 7.99. The maximum absolute atomic E-state index is 12.5. The molecule has 0 saturated heterocycles. The number of aromatic nitrogens is 5. The predicted octanol–water partition coefficient (Wildman–Crippen LogP) is 3.82. The van der Waals surface area contributed by atoms with Crippen molar-refractivity contribution >= 4 is 29.1 Å². The first-order chi connectivity index (χ1) is 16.4. The molecule has 0 aliphatic heterocycles. The minimum atomic E-state index is -0.200. The third-order valence-corrected chi connectivity index (χ3v) is 6.15. The van der Waals surface area contributed by atoms with Gasteiger partial charge in [-0.3, -0.25) is 14.3 Å². The van der Waals surface area contributed by atoms with Crippen molar-refractivity contribution in [2.45, 2.75) is 12.1 Å². The van der Waals surface area contributed by atoms with Crippen molar-refractivity contribution in [2.24, 2.45) is 14.1 Å². The number of carbonyl (C=O) groups excluding carboxylic acids is 2. The van der Waals surface area contributed by atoms with Gasteiger partial charge in [-0.2, -0.15) is 5.10 Å². The van der Waals surface area contributed by atoms with Gasteiger partial charge in [-0.15, -0.1) is 10.2 Å². The Morgan fingerprint density at radius 1 is 1.09 bits per heavy atom. The lowest BCUT2D eigenvalue weighted by atomic mass is 10.1. The van der Waals surface area contributed by atoms with Crippen LogP contribution in [0.15, 0.2) is 59.9 Å². The van der Waals surface area contributed by atoms with Crippen molar-refractivity contribution in [3.8, 4) is 28.4 Å². The number of ketones is 1. The van der Waals surface area contributed by atoms with Gasteiger partial charge in [-0.05, 0) is 31.2 Å². The maximum Gasteiger partial charge on any atom is 0.234 e. The highest BCUT2D eigenvalue weighted by Crippen LogP contribution is 2.32. The van der Waals surface area contributed by atoms with E-state index in [1.807, 2.05) is 49.1 Å². The van der Waals surface area contributed by atoms with E-state index in [0.717, 1.165) is 22.6 Å². The fourth-order valence-corrected chi connectivity index (χ4v) is 4.16. The van der Waals surface area contributed by atoms with Crippen molar-refractivity contribution in [3.63, 3.8) is 0 Å². The van der Waals surface area contributed by atoms with Gasteiger partial charge < -0.3 is 14.6 Å². The van der Waals surface area contributed by atoms with Crippen molar-refractivity contribution in [2.75, 3.05) is 18.2 Å². The molecule has 9 nitrogen and oxygen atoms in total. The standard InChI is InChI=1S/C24H24N6O3S/c1-15(31)16-7-5-9-18(11-16)25-21(32)14-34-24-27-26-23(30(24)3)20-13-29(2)28-22(20)17-8-6-10-19(12-17)33-4/h5-13H,14H2,1-4H3,(H,25,32). The lowest BCUT2D eigenvalue weighted by Gasteiger charge is -2.07. The summed E-state index contributed by atoms with van der Waals surface area (Å²) in [5, 5.41) is 16.7. The smallest absolute Gasteiger partial charge is 0.234 e. The van der Waals surface area contributed by atoms with E-state index in [0.29, 0.717) is 22.2 Å². The molecule has 0 aliphatic carbocycles. The normalized spacial score (nSPS) is 10.8. The molecular weight excluding hydrogens is 452 g/mol. The fraction of sp³-hybridized carbons (Fsp3) is 0.208. The molecule has 0 spiro atoms. The molecule has 0 saturated carbocycles. The van der Waals surface area contributed by atoms with Crippen LogP contribution in [0.1, 0.15) is 17.3 Å². The fourth-order valence-electron chi connectivity index (χ4n) is 3.45. The van der Waals surface area contributed by atoms with Gasteiger partial charge in [-0.25, -0.2) is 0 Å². The number of rotatable bonds is 8. The second kappa shape index (κ2) is 9.92. The summed E-state index contributed by atoms with van der Waals surface area (Å²) in [7, 11) is 5.33. The average molecular weight is 477 g/mol. The third-order valence-electron chi connectivity index (χ3n) is 5.13. The number of thioether (sulfide) groups is 1. The maximum atomic E-state index is 12.5. The number of hydrogen-bond donors (Lipinski definition) is 1. The molecule has 10 heteroatoms. The van der Waals surface area contributed by atoms with Crippen molar-refractivity contribution < 1.29 is 14.3 Å².